The predicted molar refractivity (Wildman–Crippen MR) is 59.6 cm³/mol. The zero-order valence-corrected chi connectivity index (χ0v) is 10.1. The average molecular weight is 249 g/mol. The number of nitrogens with one attached hydrogen (secondary N) is 1. The van der Waals surface area contributed by atoms with Gasteiger partial charge in [0.25, 0.3) is 0 Å². The number of nitrogens with zero attached hydrogens (tertiary/aromatic N) is 2. The lowest BCUT2D eigenvalue weighted by Crippen LogP contribution is -2.33. The first-order valence-corrected chi connectivity index (χ1v) is 5.81. The molecule has 1 N–H and O–H groups in total. The fraction of sp³-hybridized carbons (Fsp3) is 0.727. The minimum atomic E-state index is -4.36. The van der Waals surface area contributed by atoms with E-state index in [2.05, 4.69) is 17.3 Å². The second-order valence-corrected chi connectivity index (χ2v) is 3.98. The summed E-state index contributed by atoms with van der Waals surface area (Å²) in [6.07, 6.45) is -1.12. The molecule has 0 radical (unpaired) electrons. The summed E-state index contributed by atoms with van der Waals surface area (Å²) in [7, 11) is 0. The van der Waals surface area contributed by atoms with Crippen molar-refractivity contribution in [3.05, 3.63) is 18.0 Å². The largest absolute Gasteiger partial charge is 0.435 e. The van der Waals surface area contributed by atoms with Crippen molar-refractivity contribution >= 4 is 0 Å². The van der Waals surface area contributed by atoms with Crippen molar-refractivity contribution in [3.8, 4) is 0 Å². The molecule has 0 aromatic carbocycles. The van der Waals surface area contributed by atoms with Crippen molar-refractivity contribution in [1.82, 2.24) is 15.1 Å². The standard InChI is InChI=1S/C11H18F3N3/c1-3-6-15-9(4-2)8-17-7-5-10(16-17)11(12,13)14/h5,7,9,15H,3-4,6,8H2,1-2H3. The summed E-state index contributed by atoms with van der Waals surface area (Å²) in [4.78, 5) is 0. The van der Waals surface area contributed by atoms with Gasteiger partial charge in [-0.3, -0.25) is 4.68 Å². The second-order valence-electron chi connectivity index (χ2n) is 3.98. The summed E-state index contributed by atoms with van der Waals surface area (Å²) in [5.74, 6) is 0. The third kappa shape index (κ3) is 4.38. The van der Waals surface area contributed by atoms with Crippen LogP contribution in [0.5, 0.6) is 0 Å². The molecule has 1 aromatic rings. The van der Waals surface area contributed by atoms with Crippen LogP contribution < -0.4 is 5.32 Å². The van der Waals surface area contributed by atoms with Gasteiger partial charge in [-0.25, -0.2) is 0 Å². The van der Waals surface area contributed by atoms with Gasteiger partial charge in [-0.15, -0.1) is 0 Å². The van der Waals surface area contributed by atoms with Crippen LogP contribution in [-0.4, -0.2) is 22.4 Å². The van der Waals surface area contributed by atoms with Gasteiger partial charge in [-0.1, -0.05) is 13.8 Å². The van der Waals surface area contributed by atoms with Crippen LogP contribution in [0.2, 0.25) is 0 Å². The molecule has 0 saturated carbocycles. The SMILES string of the molecule is CCCNC(CC)Cn1ccc(C(F)(F)F)n1. The van der Waals surface area contributed by atoms with Gasteiger partial charge in [0.2, 0.25) is 0 Å². The van der Waals surface area contributed by atoms with Gasteiger partial charge in [0.1, 0.15) is 0 Å². The summed E-state index contributed by atoms with van der Waals surface area (Å²) in [5.41, 5.74) is -0.831. The smallest absolute Gasteiger partial charge is 0.312 e. The summed E-state index contributed by atoms with van der Waals surface area (Å²) in [5, 5.41) is 6.80. The fourth-order valence-corrected chi connectivity index (χ4v) is 1.53. The quantitative estimate of drug-likeness (QED) is 0.840. The highest BCUT2D eigenvalue weighted by Gasteiger charge is 2.33. The molecular formula is C11H18F3N3. The Morgan fingerprint density at radius 1 is 1.41 bits per heavy atom. The maximum atomic E-state index is 12.3. The maximum absolute atomic E-state index is 12.3. The van der Waals surface area contributed by atoms with Crippen LogP contribution in [-0.2, 0) is 12.7 Å². The topological polar surface area (TPSA) is 29.9 Å². The Labute approximate surface area is 99.0 Å². The highest BCUT2D eigenvalue weighted by atomic mass is 19.4. The highest BCUT2D eigenvalue weighted by Crippen LogP contribution is 2.27. The third-order valence-electron chi connectivity index (χ3n) is 2.51. The molecule has 3 nitrogen and oxygen atoms in total. The summed E-state index contributed by atoms with van der Waals surface area (Å²) in [6, 6.07) is 1.17. The van der Waals surface area contributed by atoms with Crippen LogP contribution in [0, 0.1) is 0 Å². The molecule has 17 heavy (non-hydrogen) atoms. The van der Waals surface area contributed by atoms with Crippen LogP contribution in [0.25, 0.3) is 0 Å². The molecule has 0 fully saturated rings. The predicted octanol–water partition coefficient (Wildman–Crippen LogP) is 2.68. The number of rotatable bonds is 6. The Morgan fingerprint density at radius 3 is 2.59 bits per heavy atom. The van der Waals surface area contributed by atoms with Crippen molar-refractivity contribution in [1.29, 1.82) is 0 Å². The van der Waals surface area contributed by atoms with Crippen LogP contribution in [0.1, 0.15) is 32.4 Å². The summed E-state index contributed by atoms with van der Waals surface area (Å²) < 4.78 is 38.3. The van der Waals surface area contributed by atoms with Crippen LogP contribution in [0.4, 0.5) is 13.2 Å². The van der Waals surface area contributed by atoms with Crippen molar-refractivity contribution < 1.29 is 13.2 Å². The number of hydrogen-bond donors (Lipinski definition) is 1. The van der Waals surface area contributed by atoms with Crippen molar-refractivity contribution in [2.75, 3.05) is 6.54 Å². The van der Waals surface area contributed by atoms with Crippen LogP contribution >= 0.6 is 0 Å². The first-order valence-electron chi connectivity index (χ1n) is 5.81. The normalized spacial score (nSPS) is 13.9. The zero-order chi connectivity index (χ0) is 12.9. The molecule has 1 aromatic heterocycles. The molecular weight excluding hydrogens is 231 g/mol. The Hall–Kier alpha value is -1.04. The van der Waals surface area contributed by atoms with E-state index in [9.17, 15) is 13.2 Å². The van der Waals surface area contributed by atoms with Gasteiger partial charge in [0.05, 0.1) is 6.54 Å². The summed E-state index contributed by atoms with van der Waals surface area (Å²) >= 11 is 0. The van der Waals surface area contributed by atoms with E-state index >= 15 is 0 Å². The molecule has 0 saturated heterocycles. The summed E-state index contributed by atoms with van der Waals surface area (Å²) in [6.45, 7) is 5.38. The molecule has 0 bridgehead atoms. The Morgan fingerprint density at radius 2 is 2.12 bits per heavy atom. The van der Waals surface area contributed by atoms with Gasteiger partial charge < -0.3 is 5.32 Å². The fourth-order valence-electron chi connectivity index (χ4n) is 1.53. The minimum absolute atomic E-state index is 0.163. The minimum Gasteiger partial charge on any atom is -0.312 e. The highest BCUT2D eigenvalue weighted by molar-refractivity contribution is 5.03. The molecule has 0 aliphatic carbocycles. The van der Waals surface area contributed by atoms with Gasteiger partial charge in [0.15, 0.2) is 5.69 Å². The maximum Gasteiger partial charge on any atom is 0.435 e. The lowest BCUT2D eigenvalue weighted by atomic mass is 10.2. The van der Waals surface area contributed by atoms with Crippen molar-refractivity contribution in [3.63, 3.8) is 0 Å². The van der Waals surface area contributed by atoms with Crippen molar-refractivity contribution in [2.45, 2.75) is 45.5 Å². The Kier molecular flexibility index (Phi) is 4.99. The van der Waals surface area contributed by atoms with Gasteiger partial charge in [-0.2, -0.15) is 18.3 Å². The van der Waals surface area contributed by atoms with Crippen LogP contribution in [0.15, 0.2) is 12.3 Å². The average Bonchev–Trinajstić information content (AvgIpc) is 2.72. The third-order valence-corrected chi connectivity index (χ3v) is 2.51. The monoisotopic (exact) mass is 249 g/mol. The molecule has 0 spiro atoms. The second kappa shape index (κ2) is 6.05. The number of aromatic nitrogens is 2. The van der Waals surface area contributed by atoms with E-state index in [0.717, 1.165) is 25.5 Å². The van der Waals surface area contributed by atoms with E-state index in [1.807, 2.05) is 6.92 Å². The lowest BCUT2D eigenvalue weighted by molar-refractivity contribution is -0.141. The van der Waals surface area contributed by atoms with E-state index in [1.165, 1.54) is 10.9 Å². The van der Waals surface area contributed by atoms with E-state index < -0.39 is 11.9 Å². The molecule has 6 heteroatoms. The van der Waals surface area contributed by atoms with Gasteiger partial charge >= 0.3 is 6.18 Å². The Bertz CT molecular complexity index is 333. The van der Waals surface area contributed by atoms with Gasteiger partial charge in [0, 0.05) is 12.2 Å². The number of hydrogen-bond acceptors (Lipinski definition) is 2. The molecule has 0 amide bonds. The van der Waals surface area contributed by atoms with Crippen LogP contribution in [0.3, 0.4) is 0 Å². The molecule has 0 aliphatic heterocycles. The first-order chi connectivity index (χ1) is 7.97. The Balaban J connectivity index is 2.58. The number of alkyl halides is 3. The molecule has 1 rings (SSSR count). The molecule has 0 aliphatic rings. The van der Waals surface area contributed by atoms with E-state index in [0.29, 0.717) is 6.54 Å². The van der Waals surface area contributed by atoms with E-state index in [1.54, 1.807) is 0 Å². The molecule has 1 heterocycles. The molecule has 1 unspecified atom stereocenters. The zero-order valence-electron chi connectivity index (χ0n) is 10.1. The van der Waals surface area contributed by atoms with E-state index in [-0.39, 0.29) is 6.04 Å². The number of halogens is 3. The molecule has 1 atom stereocenters. The molecule has 98 valence electrons. The van der Waals surface area contributed by atoms with E-state index in [4.69, 9.17) is 0 Å². The van der Waals surface area contributed by atoms with Gasteiger partial charge in [-0.05, 0) is 25.5 Å². The van der Waals surface area contributed by atoms with Crippen molar-refractivity contribution in [2.24, 2.45) is 0 Å². The lowest BCUT2D eigenvalue weighted by Gasteiger charge is -2.16. The first kappa shape index (κ1) is 14.0.